The zero-order valence-electron chi connectivity index (χ0n) is 14.4. The fourth-order valence-electron chi connectivity index (χ4n) is 3.15. The van der Waals surface area contributed by atoms with Crippen molar-refractivity contribution in [1.82, 2.24) is 19.5 Å². The lowest BCUT2D eigenvalue weighted by atomic mass is 10.1. The minimum Gasteiger partial charge on any atom is -0.361 e. The molecule has 0 saturated carbocycles. The molecule has 3 rings (SSSR count). The van der Waals surface area contributed by atoms with Crippen molar-refractivity contribution in [2.24, 2.45) is 0 Å². The largest absolute Gasteiger partial charge is 0.361 e. The van der Waals surface area contributed by atoms with Crippen LogP contribution in [0.25, 0.3) is 10.9 Å². The number of H-pyrrole nitrogens is 1. The number of aromatic nitrogens is 1. The highest BCUT2D eigenvalue weighted by molar-refractivity contribution is 7.88. The molecule has 0 unspecified atom stereocenters. The zero-order valence-corrected chi connectivity index (χ0v) is 15.2. The van der Waals surface area contributed by atoms with Crippen molar-refractivity contribution in [2.45, 2.75) is 12.8 Å². The monoisotopic (exact) mass is 364 g/mol. The number of sulfonamides is 1. The maximum atomic E-state index is 12.2. The molecule has 0 aliphatic carbocycles. The topological polar surface area (TPSA) is 85.5 Å². The van der Waals surface area contributed by atoms with Crippen molar-refractivity contribution >= 4 is 27.0 Å². The van der Waals surface area contributed by atoms with Gasteiger partial charge < -0.3 is 15.2 Å². The molecule has 7 nitrogen and oxygen atoms in total. The van der Waals surface area contributed by atoms with Gasteiger partial charge in [0.2, 0.25) is 10.0 Å². The second kappa shape index (κ2) is 7.45. The van der Waals surface area contributed by atoms with Crippen LogP contribution in [0, 0.1) is 0 Å². The molecular weight excluding hydrogens is 340 g/mol. The Bertz CT molecular complexity index is 838. The van der Waals surface area contributed by atoms with Crippen LogP contribution in [0.2, 0.25) is 0 Å². The zero-order chi connectivity index (χ0) is 17.9. The predicted octanol–water partition coefficient (Wildman–Crippen LogP) is 1.39. The number of urea groups is 1. The first-order chi connectivity index (χ1) is 11.9. The molecule has 136 valence electrons. The number of aryl methyl sites for hydroxylation is 1. The van der Waals surface area contributed by atoms with Crippen LogP contribution >= 0.6 is 0 Å². The number of benzene rings is 1. The van der Waals surface area contributed by atoms with Gasteiger partial charge in [-0.05, 0) is 24.5 Å². The summed E-state index contributed by atoms with van der Waals surface area (Å²) in [6.07, 6.45) is 4.98. The Kier molecular flexibility index (Phi) is 5.29. The standard InChI is InChI=1S/C17H24N4O3S/c1-25(23,24)21-11-9-20(10-12-21)17(22)18-8-4-5-14-13-19-16-7-3-2-6-15(14)16/h2-3,6-7,13,19H,4-5,8-12H2,1H3,(H,18,22). The lowest BCUT2D eigenvalue weighted by molar-refractivity contribution is 0.172. The minimum absolute atomic E-state index is 0.118. The average molecular weight is 364 g/mol. The van der Waals surface area contributed by atoms with E-state index in [0.29, 0.717) is 32.7 Å². The van der Waals surface area contributed by atoms with E-state index >= 15 is 0 Å². The number of carbonyl (C=O) groups is 1. The summed E-state index contributed by atoms with van der Waals surface area (Å²) in [5, 5.41) is 4.15. The van der Waals surface area contributed by atoms with Crippen molar-refractivity contribution in [3.8, 4) is 0 Å². The summed E-state index contributed by atoms with van der Waals surface area (Å²) in [6, 6.07) is 8.06. The van der Waals surface area contributed by atoms with Crippen molar-refractivity contribution in [3.05, 3.63) is 36.0 Å². The Morgan fingerprint density at radius 3 is 2.64 bits per heavy atom. The van der Waals surface area contributed by atoms with E-state index in [2.05, 4.69) is 22.4 Å². The second-order valence-corrected chi connectivity index (χ2v) is 8.33. The van der Waals surface area contributed by atoms with Crippen LogP contribution in [0.15, 0.2) is 30.5 Å². The predicted molar refractivity (Wildman–Crippen MR) is 98.0 cm³/mol. The van der Waals surface area contributed by atoms with Crippen LogP contribution in [0.4, 0.5) is 4.79 Å². The molecule has 0 radical (unpaired) electrons. The summed E-state index contributed by atoms with van der Waals surface area (Å²) in [5.41, 5.74) is 2.39. The first kappa shape index (κ1) is 17.8. The fraction of sp³-hybridized carbons (Fsp3) is 0.471. The highest BCUT2D eigenvalue weighted by Crippen LogP contribution is 2.18. The van der Waals surface area contributed by atoms with Gasteiger partial charge in [0.25, 0.3) is 0 Å². The van der Waals surface area contributed by atoms with Gasteiger partial charge in [0, 0.05) is 49.8 Å². The third-order valence-electron chi connectivity index (χ3n) is 4.57. The molecule has 1 aromatic carbocycles. The molecule has 0 spiro atoms. The molecule has 2 aromatic rings. The van der Waals surface area contributed by atoms with Crippen LogP contribution in [-0.4, -0.2) is 67.6 Å². The molecule has 0 atom stereocenters. The van der Waals surface area contributed by atoms with E-state index in [4.69, 9.17) is 0 Å². The number of amides is 2. The van der Waals surface area contributed by atoms with Gasteiger partial charge in [-0.25, -0.2) is 13.2 Å². The lowest BCUT2D eigenvalue weighted by Crippen LogP contribution is -2.53. The molecule has 8 heteroatoms. The van der Waals surface area contributed by atoms with E-state index in [9.17, 15) is 13.2 Å². The summed E-state index contributed by atoms with van der Waals surface area (Å²) in [4.78, 5) is 17.1. The van der Waals surface area contributed by atoms with Crippen molar-refractivity contribution in [3.63, 3.8) is 0 Å². The number of nitrogens with zero attached hydrogens (tertiary/aromatic N) is 2. The molecule has 2 amide bonds. The van der Waals surface area contributed by atoms with Crippen LogP contribution in [0.1, 0.15) is 12.0 Å². The Labute approximate surface area is 148 Å². The number of fused-ring (bicyclic) bond motifs is 1. The van der Waals surface area contributed by atoms with Crippen LogP contribution in [-0.2, 0) is 16.4 Å². The third-order valence-corrected chi connectivity index (χ3v) is 5.87. The first-order valence-electron chi connectivity index (χ1n) is 8.48. The van der Waals surface area contributed by atoms with Crippen molar-refractivity contribution < 1.29 is 13.2 Å². The first-order valence-corrected chi connectivity index (χ1v) is 10.3. The summed E-state index contributed by atoms with van der Waals surface area (Å²) >= 11 is 0. The molecule has 25 heavy (non-hydrogen) atoms. The van der Waals surface area contributed by atoms with E-state index in [1.54, 1.807) is 4.90 Å². The second-order valence-electron chi connectivity index (χ2n) is 6.34. The van der Waals surface area contributed by atoms with Crippen molar-refractivity contribution in [2.75, 3.05) is 39.0 Å². The number of para-hydroxylation sites is 1. The number of carbonyl (C=O) groups excluding carboxylic acids is 1. The van der Waals surface area contributed by atoms with Gasteiger partial charge in [0.1, 0.15) is 0 Å². The molecule has 1 fully saturated rings. The van der Waals surface area contributed by atoms with E-state index in [-0.39, 0.29) is 6.03 Å². The van der Waals surface area contributed by atoms with Gasteiger partial charge in [0.05, 0.1) is 6.26 Å². The van der Waals surface area contributed by atoms with Gasteiger partial charge in [0.15, 0.2) is 0 Å². The highest BCUT2D eigenvalue weighted by atomic mass is 32.2. The van der Waals surface area contributed by atoms with Crippen LogP contribution in [0.3, 0.4) is 0 Å². The highest BCUT2D eigenvalue weighted by Gasteiger charge is 2.25. The van der Waals surface area contributed by atoms with Crippen LogP contribution < -0.4 is 5.32 Å². The smallest absolute Gasteiger partial charge is 0.317 e. The third kappa shape index (κ3) is 4.32. The number of hydrogen-bond acceptors (Lipinski definition) is 3. The number of rotatable bonds is 5. The molecule has 1 aromatic heterocycles. The Morgan fingerprint density at radius 1 is 1.20 bits per heavy atom. The van der Waals surface area contributed by atoms with Gasteiger partial charge in [-0.15, -0.1) is 0 Å². The number of hydrogen-bond donors (Lipinski definition) is 2. The summed E-state index contributed by atoms with van der Waals surface area (Å²) in [6.45, 7) is 2.19. The molecule has 2 N–H and O–H groups in total. The van der Waals surface area contributed by atoms with Gasteiger partial charge >= 0.3 is 6.03 Å². The number of piperazine rings is 1. The summed E-state index contributed by atoms with van der Waals surface area (Å²) in [5.74, 6) is 0. The number of aromatic amines is 1. The Hall–Kier alpha value is -2.06. The maximum absolute atomic E-state index is 12.2. The normalized spacial score (nSPS) is 16.3. The van der Waals surface area contributed by atoms with Crippen molar-refractivity contribution in [1.29, 1.82) is 0 Å². The summed E-state index contributed by atoms with van der Waals surface area (Å²) < 4.78 is 24.4. The van der Waals surface area contributed by atoms with E-state index in [1.807, 2.05) is 18.3 Å². The van der Waals surface area contributed by atoms with E-state index in [0.717, 1.165) is 18.4 Å². The molecule has 1 aliphatic heterocycles. The van der Waals surface area contributed by atoms with E-state index < -0.39 is 10.0 Å². The molecule has 0 bridgehead atoms. The molecular formula is C17H24N4O3S. The SMILES string of the molecule is CS(=O)(=O)N1CCN(C(=O)NCCCc2c[nH]c3ccccc23)CC1. The van der Waals surface area contributed by atoms with E-state index in [1.165, 1.54) is 21.5 Å². The lowest BCUT2D eigenvalue weighted by Gasteiger charge is -2.33. The minimum atomic E-state index is -3.17. The van der Waals surface area contributed by atoms with Gasteiger partial charge in [-0.3, -0.25) is 0 Å². The maximum Gasteiger partial charge on any atom is 0.317 e. The van der Waals surface area contributed by atoms with Gasteiger partial charge in [-0.1, -0.05) is 18.2 Å². The average Bonchev–Trinajstić information content (AvgIpc) is 3.01. The molecule has 1 aliphatic rings. The Balaban J connectivity index is 1.41. The van der Waals surface area contributed by atoms with Crippen LogP contribution in [0.5, 0.6) is 0 Å². The molecule has 2 heterocycles. The quantitative estimate of drug-likeness (QED) is 0.786. The summed E-state index contributed by atoms with van der Waals surface area (Å²) in [7, 11) is -3.17. The molecule has 1 saturated heterocycles. The fourth-order valence-corrected chi connectivity index (χ4v) is 3.97. The number of nitrogens with one attached hydrogen (secondary N) is 2. The van der Waals surface area contributed by atoms with Gasteiger partial charge in [-0.2, -0.15) is 4.31 Å². The Morgan fingerprint density at radius 2 is 1.92 bits per heavy atom.